The number of pyridine rings is 2. The number of nitrogens with zero attached hydrogens (tertiary/aromatic N) is 3. The summed E-state index contributed by atoms with van der Waals surface area (Å²) >= 11 is 0. The van der Waals surface area contributed by atoms with Crippen LogP contribution in [0.2, 0.25) is 0 Å². The molecular weight excluding hydrogens is 330 g/mol. The molecule has 3 heteroatoms. The molecule has 27 heavy (non-hydrogen) atoms. The van der Waals surface area contributed by atoms with E-state index in [0.717, 1.165) is 0 Å². The summed E-state index contributed by atoms with van der Waals surface area (Å²) in [7, 11) is 0. The summed E-state index contributed by atoms with van der Waals surface area (Å²) in [5.74, 6) is 0. The van der Waals surface area contributed by atoms with Gasteiger partial charge in [-0.15, -0.1) is 0 Å². The van der Waals surface area contributed by atoms with Crippen LogP contribution in [-0.2, 0) is 0 Å². The van der Waals surface area contributed by atoms with E-state index in [4.69, 9.17) is 0 Å². The third-order valence-corrected chi connectivity index (χ3v) is 6.50. The van der Waals surface area contributed by atoms with Crippen LogP contribution in [0.1, 0.15) is 79.7 Å². The minimum Gasteiger partial charge on any atom is -0.337 e. The first-order chi connectivity index (χ1) is 12.8. The zero-order valence-electron chi connectivity index (χ0n) is 17.9. The van der Waals surface area contributed by atoms with Crippen molar-refractivity contribution in [2.24, 2.45) is 10.8 Å². The largest absolute Gasteiger partial charge is 0.337 e. The number of aromatic nitrogens is 3. The van der Waals surface area contributed by atoms with Crippen molar-refractivity contribution >= 4 is 21.8 Å². The van der Waals surface area contributed by atoms with Crippen molar-refractivity contribution in [1.82, 2.24) is 14.5 Å². The number of hydrogen-bond acceptors (Lipinski definition) is 2. The molecule has 0 saturated carbocycles. The van der Waals surface area contributed by atoms with Gasteiger partial charge in [0.1, 0.15) is 0 Å². The van der Waals surface area contributed by atoms with E-state index in [1.807, 2.05) is 24.8 Å². The molecule has 1 atom stereocenters. The van der Waals surface area contributed by atoms with E-state index in [0.29, 0.717) is 11.5 Å². The molecule has 0 aliphatic rings. The molecule has 0 saturated heterocycles. The van der Waals surface area contributed by atoms with E-state index in [1.54, 1.807) is 0 Å². The Kier molecular flexibility index (Phi) is 5.60. The van der Waals surface area contributed by atoms with Gasteiger partial charge < -0.3 is 4.57 Å². The van der Waals surface area contributed by atoms with Gasteiger partial charge in [-0.05, 0) is 35.8 Å². The van der Waals surface area contributed by atoms with Gasteiger partial charge in [-0.3, -0.25) is 9.97 Å². The van der Waals surface area contributed by atoms with E-state index in [1.165, 1.54) is 53.9 Å². The molecule has 1 unspecified atom stereocenters. The van der Waals surface area contributed by atoms with Crippen LogP contribution in [0.3, 0.4) is 0 Å². The molecule has 0 spiro atoms. The lowest BCUT2D eigenvalue weighted by Crippen LogP contribution is -2.31. The second-order valence-corrected chi connectivity index (χ2v) is 9.49. The average molecular weight is 366 g/mol. The molecular formula is C24H35N3. The van der Waals surface area contributed by atoms with Crippen LogP contribution in [0.15, 0.2) is 36.9 Å². The highest BCUT2D eigenvalue weighted by Crippen LogP contribution is 2.47. The first-order valence-electron chi connectivity index (χ1n) is 10.5. The van der Waals surface area contributed by atoms with Crippen LogP contribution >= 0.6 is 0 Å². The fourth-order valence-corrected chi connectivity index (χ4v) is 4.26. The normalized spacial score (nSPS) is 14.1. The highest BCUT2D eigenvalue weighted by atomic mass is 15.0. The van der Waals surface area contributed by atoms with Crippen LogP contribution in [0.5, 0.6) is 0 Å². The predicted octanol–water partition coefficient (Wildman–Crippen LogP) is 7.17. The van der Waals surface area contributed by atoms with Gasteiger partial charge >= 0.3 is 0 Å². The zero-order valence-corrected chi connectivity index (χ0v) is 17.9. The molecule has 0 aliphatic carbocycles. The molecule has 0 aromatic carbocycles. The Hall–Kier alpha value is -1.90. The van der Waals surface area contributed by atoms with Crippen LogP contribution in [0.4, 0.5) is 0 Å². The van der Waals surface area contributed by atoms with Crippen molar-refractivity contribution in [3.63, 3.8) is 0 Å². The summed E-state index contributed by atoms with van der Waals surface area (Å²) < 4.78 is 2.60. The Labute approximate surface area is 164 Å². The number of fused-ring (bicyclic) bond motifs is 3. The maximum atomic E-state index is 4.40. The second-order valence-electron chi connectivity index (χ2n) is 9.49. The van der Waals surface area contributed by atoms with Crippen molar-refractivity contribution in [2.75, 3.05) is 0 Å². The van der Waals surface area contributed by atoms with Crippen LogP contribution < -0.4 is 0 Å². The topological polar surface area (TPSA) is 30.7 Å². The minimum atomic E-state index is 0.216. The van der Waals surface area contributed by atoms with Gasteiger partial charge in [0, 0.05) is 41.6 Å². The Morgan fingerprint density at radius 3 is 1.96 bits per heavy atom. The molecule has 0 fully saturated rings. The monoisotopic (exact) mass is 365 g/mol. The molecule has 3 nitrogen and oxygen atoms in total. The van der Waals surface area contributed by atoms with E-state index in [2.05, 4.69) is 68.2 Å². The first kappa shape index (κ1) is 19.9. The van der Waals surface area contributed by atoms with Gasteiger partial charge in [0.05, 0.1) is 11.0 Å². The van der Waals surface area contributed by atoms with Crippen molar-refractivity contribution < 1.29 is 0 Å². The van der Waals surface area contributed by atoms with Gasteiger partial charge in [0.2, 0.25) is 0 Å². The molecule has 0 radical (unpaired) electrons. The predicted molar refractivity (Wildman–Crippen MR) is 116 cm³/mol. The fourth-order valence-electron chi connectivity index (χ4n) is 4.26. The van der Waals surface area contributed by atoms with E-state index in [-0.39, 0.29) is 5.41 Å². The minimum absolute atomic E-state index is 0.216. The molecule has 0 bridgehead atoms. The standard InChI is InChI=1S/C24H35N3/c1-7-9-12-24(5,6)22(15-23(3,4)8-2)27-20-10-13-25-16-18(20)19-17-26-14-11-21(19)27/h10-11,13-14,16-17,22H,7-9,12,15H2,1-6H3. The maximum Gasteiger partial charge on any atom is 0.0525 e. The van der Waals surface area contributed by atoms with Crippen LogP contribution in [0, 0.1) is 10.8 Å². The Morgan fingerprint density at radius 1 is 0.926 bits per heavy atom. The van der Waals surface area contributed by atoms with Gasteiger partial charge in [-0.2, -0.15) is 0 Å². The molecule has 0 aliphatic heterocycles. The molecule has 146 valence electrons. The summed E-state index contributed by atoms with van der Waals surface area (Å²) in [6.07, 6.45) is 14.0. The summed E-state index contributed by atoms with van der Waals surface area (Å²) in [5.41, 5.74) is 3.09. The Morgan fingerprint density at radius 2 is 1.48 bits per heavy atom. The van der Waals surface area contributed by atoms with Crippen molar-refractivity contribution in [3.05, 3.63) is 36.9 Å². The highest BCUT2D eigenvalue weighted by Gasteiger charge is 2.36. The zero-order chi connectivity index (χ0) is 19.7. The number of hydrogen-bond donors (Lipinski definition) is 0. The third kappa shape index (κ3) is 3.88. The highest BCUT2D eigenvalue weighted by molar-refractivity contribution is 6.07. The lowest BCUT2D eigenvalue weighted by molar-refractivity contribution is 0.135. The average Bonchev–Trinajstić information content (AvgIpc) is 2.99. The quantitative estimate of drug-likeness (QED) is 0.423. The van der Waals surface area contributed by atoms with Gasteiger partial charge in [0.15, 0.2) is 0 Å². The first-order valence-corrected chi connectivity index (χ1v) is 10.5. The van der Waals surface area contributed by atoms with Crippen molar-refractivity contribution in [1.29, 1.82) is 0 Å². The summed E-state index contributed by atoms with van der Waals surface area (Å²) in [4.78, 5) is 8.79. The molecule has 3 rings (SSSR count). The summed E-state index contributed by atoms with van der Waals surface area (Å²) in [6, 6.07) is 4.79. The fraction of sp³-hybridized carbons (Fsp3) is 0.583. The number of unbranched alkanes of at least 4 members (excludes halogenated alkanes) is 1. The van der Waals surface area contributed by atoms with Gasteiger partial charge in [-0.25, -0.2) is 0 Å². The Balaban J connectivity index is 2.25. The van der Waals surface area contributed by atoms with Crippen LogP contribution in [0.25, 0.3) is 21.8 Å². The van der Waals surface area contributed by atoms with E-state index < -0.39 is 0 Å². The van der Waals surface area contributed by atoms with E-state index in [9.17, 15) is 0 Å². The second kappa shape index (κ2) is 7.61. The van der Waals surface area contributed by atoms with Crippen LogP contribution in [-0.4, -0.2) is 14.5 Å². The van der Waals surface area contributed by atoms with Gasteiger partial charge in [-0.1, -0.05) is 60.8 Å². The third-order valence-electron chi connectivity index (χ3n) is 6.50. The van der Waals surface area contributed by atoms with E-state index >= 15 is 0 Å². The molecule has 0 N–H and O–H groups in total. The van der Waals surface area contributed by atoms with Crippen molar-refractivity contribution in [3.8, 4) is 0 Å². The van der Waals surface area contributed by atoms with Gasteiger partial charge in [0.25, 0.3) is 0 Å². The maximum absolute atomic E-state index is 4.40. The summed E-state index contributed by atoms with van der Waals surface area (Å²) in [5, 5.41) is 2.43. The lowest BCUT2D eigenvalue weighted by atomic mass is 9.71. The Bertz CT molecular complexity index is 851. The lowest BCUT2D eigenvalue weighted by Gasteiger charge is -2.41. The van der Waals surface area contributed by atoms with Crippen molar-refractivity contribution in [2.45, 2.75) is 79.7 Å². The summed E-state index contributed by atoms with van der Waals surface area (Å²) in [6.45, 7) is 14.3. The molecule has 3 heterocycles. The smallest absolute Gasteiger partial charge is 0.0525 e. The SMILES string of the molecule is CCCCC(C)(C)C(CC(C)(C)CC)n1c2ccncc2c2cnccc21. The molecule has 3 aromatic heterocycles. The molecule has 3 aromatic rings. The number of rotatable bonds is 8. The molecule has 0 amide bonds.